The van der Waals surface area contributed by atoms with Gasteiger partial charge < -0.3 is 30.0 Å². The minimum absolute atomic E-state index is 0.131. The predicted molar refractivity (Wildman–Crippen MR) is 158 cm³/mol. The molecule has 8 nitrogen and oxygen atoms in total. The summed E-state index contributed by atoms with van der Waals surface area (Å²) in [6.45, 7) is 6.08. The van der Waals surface area contributed by atoms with Gasteiger partial charge in [0, 0.05) is 46.3 Å². The zero-order chi connectivity index (χ0) is 30.4. The van der Waals surface area contributed by atoms with E-state index >= 15 is 0 Å². The number of carbonyl (C=O) groups excluding carboxylic acids is 2. The molecule has 0 aliphatic carbocycles. The van der Waals surface area contributed by atoms with Gasteiger partial charge >= 0.3 is 0 Å². The van der Waals surface area contributed by atoms with Gasteiger partial charge in [0.25, 0.3) is 5.91 Å². The van der Waals surface area contributed by atoms with Crippen molar-refractivity contribution in [3.05, 3.63) is 87.9 Å². The van der Waals surface area contributed by atoms with Crippen LogP contribution in [0.4, 0.5) is 4.39 Å². The fourth-order valence-electron chi connectivity index (χ4n) is 5.22. The van der Waals surface area contributed by atoms with E-state index in [0.717, 1.165) is 27.5 Å². The zero-order valence-corrected chi connectivity index (χ0v) is 24.7. The molecule has 0 saturated carbocycles. The molecule has 0 aliphatic rings. The topological polar surface area (TPSA) is 128 Å². The summed E-state index contributed by atoms with van der Waals surface area (Å²) in [7, 11) is 0. The molecule has 0 spiro atoms. The minimum Gasteiger partial charge on any atom is -0.550 e. The minimum atomic E-state index is -1.39. The first-order chi connectivity index (χ1) is 20.0. The Morgan fingerprint density at radius 1 is 1.02 bits per heavy atom. The lowest BCUT2D eigenvalue weighted by molar-refractivity contribution is -0.307. The largest absolute Gasteiger partial charge is 0.550 e. The van der Waals surface area contributed by atoms with Gasteiger partial charge in [-0.1, -0.05) is 42.5 Å². The van der Waals surface area contributed by atoms with Crippen molar-refractivity contribution in [1.29, 1.82) is 0 Å². The molecule has 10 heteroatoms. The Morgan fingerprint density at radius 2 is 1.69 bits per heavy atom. The van der Waals surface area contributed by atoms with Crippen LogP contribution < -0.4 is 10.4 Å². The fourth-order valence-corrected chi connectivity index (χ4v) is 5.94. The number of carboxylic acid groups (broad SMARTS) is 1. The highest BCUT2D eigenvalue weighted by molar-refractivity contribution is 7.09. The van der Waals surface area contributed by atoms with Crippen LogP contribution in [0.5, 0.6) is 0 Å². The molecule has 0 bridgehead atoms. The Kier molecular flexibility index (Phi) is 10.3. The molecular weight excluding hydrogens is 557 g/mol. The first-order valence-electron chi connectivity index (χ1n) is 13.9. The average Bonchev–Trinajstić information content (AvgIpc) is 3.52. The Labute approximate surface area is 248 Å². The Hall–Kier alpha value is -3.86. The summed E-state index contributed by atoms with van der Waals surface area (Å²) in [5.41, 5.74) is 5.02. The number of rotatable bonds is 13. The second kappa shape index (κ2) is 13.9. The molecule has 0 saturated heterocycles. The van der Waals surface area contributed by atoms with E-state index in [0.29, 0.717) is 23.2 Å². The SMILES string of the molecule is Cc1csc(CNC(=O)c2c(-c3ccccc3)c(-c3ccc(F)cc3)c(CC[C@@H](O)C[C@@H](O)CC(=O)[O-])n2C(C)C)n1. The van der Waals surface area contributed by atoms with Crippen LogP contribution in [0.2, 0.25) is 0 Å². The van der Waals surface area contributed by atoms with Gasteiger partial charge in [0.1, 0.15) is 16.5 Å². The van der Waals surface area contributed by atoms with Crippen LogP contribution in [0, 0.1) is 12.7 Å². The smallest absolute Gasteiger partial charge is 0.268 e. The number of amides is 1. The summed E-state index contributed by atoms with van der Waals surface area (Å²) in [6, 6.07) is 15.4. The Balaban J connectivity index is 1.85. The highest BCUT2D eigenvalue weighted by atomic mass is 32.1. The summed E-state index contributed by atoms with van der Waals surface area (Å²) in [4.78, 5) is 29.4. The van der Waals surface area contributed by atoms with Crippen LogP contribution in [-0.4, -0.2) is 43.8 Å². The van der Waals surface area contributed by atoms with Crippen molar-refractivity contribution in [3.8, 4) is 22.3 Å². The molecule has 0 radical (unpaired) electrons. The Bertz CT molecular complexity index is 1520. The molecule has 4 rings (SSSR count). The van der Waals surface area contributed by atoms with Crippen LogP contribution in [0.15, 0.2) is 60.0 Å². The number of aromatic nitrogens is 2. The number of hydrogen-bond donors (Lipinski definition) is 3. The van der Waals surface area contributed by atoms with E-state index in [1.807, 2.05) is 61.1 Å². The van der Waals surface area contributed by atoms with Crippen LogP contribution >= 0.6 is 11.3 Å². The quantitative estimate of drug-likeness (QED) is 0.211. The van der Waals surface area contributed by atoms with Crippen molar-refractivity contribution in [2.24, 2.45) is 0 Å². The van der Waals surface area contributed by atoms with Gasteiger partial charge in [-0.3, -0.25) is 4.79 Å². The van der Waals surface area contributed by atoms with E-state index in [4.69, 9.17) is 0 Å². The number of aliphatic hydroxyl groups is 2. The van der Waals surface area contributed by atoms with Gasteiger partial charge in [-0.2, -0.15) is 0 Å². The molecule has 0 aliphatic heterocycles. The number of nitrogens with one attached hydrogen (secondary N) is 1. The summed E-state index contributed by atoms with van der Waals surface area (Å²) in [6.07, 6.45) is -2.43. The number of benzene rings is 2. The molecule has 4 aromatic rings. The third kappa shape index (κ3) is 7.50. The summed E-state index contributed by atoms with van der Waals surface area (Å²) < 4.78 is 16.0. The number of carbonyl (C=O) groups is 2. The lowest BCUT2D eigenvalue weighted by atomic mass is 9.92. The van der Waals surface area contributed by atoms with Crippen molar-refractivity contribution in [2.75, 3.05) is 0 Å². The van der Waals surface area contributed by atoms with Gasteiger partial charge in [-0.05, 0) is 63.3 Å². The predicted octanol–water partition coefficient (Wildman–Crippen LogP) is 4.42. The summed E-state index contributed by atoms with van der Waals surface area (Å²) >= 11 is 1.47. The van der Waals surface area contributed by atoms with Crippen LogP contribution in [0.1, 0.15) is 66.0 Å². The first-order valence-corrected chi connectivity index (χ1v) is 14.8. The molecule has 0 fully saturated rings. The molecule has 222 valence electrons. The van der Waals surface area contributed by atoms with Gasteiger partial charge in [0.2, 0.25) is 0 Å². The van der Waals surface area contributed by atoms with E-state index in [2.05, 4.69) is 10.3 Å². The molecule has 2 aromatic heterocycles. The number of carboxylic acids is 1. The van der Waals surface area contributed by atoms with E-state index in [1.54, 1.807) is 12.1 Å². The van der Waals surface area contributed by atoms with E-state index in [-0.39, 0.29) is 37.2 Å². The van der Waals surface area contributed by atoms with Crippen molar-refractivity contribution in [1.82, 2.24) is 14.9 Å². The third-order valence-electron chi connectivity index (χ3n) is 6.96. The highest BCUT2D eigenvalue weighted by Gasteiger charge is 2.30. The number of aliphatic hydroxyl groups excluding tert-OH is 2. The average molecular weight is 593 g/mol. The second-order valence-electron chi connectivity index (χ2n) is 10.6. The van der Waals surface area contributed by atoms with Crippen molar-refractivity contribution < 1.29 is 29.3 Å². The number of hydrogen-bond acceptors (Lipinski definition) is 7. The molecular formula is C32H35FN3O5S-. The van der Waals surface area contributed by atoms with Crippen molar-refractivity contribution in [2.45, 2.75) is 71.2 Å². The molecule has 1 amide bonds. The third-order valence-corrected chi connectivity index (χ3v) is 7.93. The monoisotopic (exact) mass is 592 g/mol. The number of nitrogens with zero attached hydrogens (tertiary/aromatic N) is 2. The molecule has 0 unspecified atom stereocenters. The number of halogens is 1. The fraction of sp³-hybridized carbons (Fsp3) is 0.344. The molecule has 2 aromatic carbocycles. The zero-order valence-electron chi connectivity index (χ0n) is 23.8. The lowest BCUT2D eigenvalue weighted by Gasteiger charge is -2.20. The van der Waals surface area contributed by atoms with E-state index < -0.39 is 24.6 Å². The maximum atomic E-state index is 14.0. The highest BCUT2D eigenvalue weighted by Crippen LogP contribution is 2.42. The molecule has 2 atom stereocenters. The van der Waals surface area contributed by atoms with Crippen LogP contribution in [0.3, 0.4) is 0 Å². The maximum Gasteiger partial charge on any atom is 0.268 e. The molecule has 2 heterocycles. The number of aryl methyl sites for hydroxylation is 1. The van der Waals surface area contributed by atoms with Crippen molar-refractivity contribution >= 4 is 23.2 Å². The van der Waals surface area contributed by atoms with Gasteiger partial charge in [-0.25, -0.2) is 9.37 Å². The standard InChI is InChI=1S/C32H36FN3O5S/c1-19(2)36-26(14-13-24(37)15-25(38)16-28(39)40)29(22-9-11-23(33)12-10-22)30(21-7-5-4-6-8-21)31(36)32(41)34-17-27-35-20(3)18-42-27/h4-12,18-19,24-25,37-38H,13-17H2,1-3H3,(H,34,41)(H,39,40)/p-1/t24-,25-/m1/s1. The number of aliphatic carboxylic acids is 1. The molecule has 42 heavy (non-hydrogen) atoms. The van der Waals surface area contributed by atoms with Gasteiger partial charge in [0.05, 0.1) is 18.8 Å². The lowest BCUT2D eigenvalue weighted by Crippen LogP contribution is -2.29. The Morgan fingerprint density at radius 3 is 2.29 bits per heavy atom. The number of thiazole rings is 1. The van der Waals surface area contributed by atoms with Crippen LogP contribution in [0.25, 0.3) is 22.3 Å². The second-order valence-corrected chi connectivity index (χ2v) is 11.5. The van der Waals surface area contributed by atoms with E-state index in [1.165, 1.54) is 23.5 Å². The first kappa shape index (κ1) is 31.1. The van der Waals surface area contributed by atoms with Crippen LogP contribution in [-0.2, 0) is 17.8 Å². The summed E-state index contributed by atoms with van der Waals surface area (Å²) in [5.74, 6) is -2.08. The summed E-state index contributed by atoms with van der Waals surface area (Å²) in [5, 5.41) is 37.4. The normalized spacial score (nSPS) is 12.8. The maximum absolute atomic E-state index is 14.0. The van der Waals surface area contributed by atoms with Gasteiger partial charge in [-0.15, -0.1) is 11.3 Å². The van der Waals surface area contributed by atoms with Crippen molar-refractivity contribution in [3.63, 3.8) is 0 Å². The van der Waals surface area contributed by atoms with Gasteiger partial charge in [0.15, 0.2) is 0 Å². The van der Waals surface area contributed by atoms with E-state index in [9.17, 15) is 29.3 Å². The molecule has 3 N–H and O–H groups in total.